The molecule has 2 aromatic carbocycles. The van der Waals surface area contributed by atoms with E-state index in [0.29, 0.717) is 19.4 Å². The van der Waals surface area contributed by atoms with Gasteiger partial charge in [0.15, 0.2) is 0 Å². The monoisotopic (exact) mass is 422 g/mol. The third-order valence-corrected chi connectivity index (χ3v) is 5.34. The molecule has 154 valence electrons. The highest BCUT2D eigenvalue weighted by molar-refractivity contribution is 7.98. The molecule has 0 atom stereocenters. The first-order chi connectivity index (χ1) is 14.6. The van der Waals surface area contributed by atoms with Crippen molar-refractivity contribution in [2.24, 2.45) is 0 Å². The largest absolute Gasteiger partial charge is 0.385 e. The molecule has 30 heavy (non-hydrogen) atoms. The van der Waals surface area contributed by atoms with Crippen LogP contribution in [0.3, 0.4) is 0 Å². The van der Waals surface area contributed by atoms with Crippen LogP contribution in [-0.4, -0.2) is 22.4 Å². The lowest BCUT2D eigenvalue weighted by atomic mass is 10.2. The Morgan fingerprint density at radius 2 is 1.77 bits per heavy atom. The van der Waals surface area contributed by atoms with Crippen molar-refractivity contribution in [3.8, 4) is 0 Å². The number of benzene rings is 2. The van der Waals surface area contributed by atoms with Crippen LogP contribution < -0.4 is 10.6 Å². The summed E-state index contributed by atoms with van der Waals surface area (Å²) in [5.41, 5.74) is 2.79. The zero-order valence-corrected chi connectivity index (χ0v) is 17.1. The van der Waals surface area contributed by atoms with Crippen molar-refractivity contribution < 1.29 is 9.72 Å². The quantitative estimate of drug-likeness (QED) is 0.204. The minimum atomic E-state index is -0.430. The maximum atomic E-state index is 12.1. The Bertz CT molecular complexity index is 964. The van der Waals surface area contributed by atoms with Gasteiger partial charge < -0.3 is 10.6 Å². The minimum absolute atomic E-state index is 0.0451. The molecule has 3 aromatic rings. The van der Waals surface area contributed by atoms with Crippen molar-refractivity contribution in [1.29, 1.82) is 0 Å². The van der Waals surface area contributed by atoms with E-state index in [0.717, 1.165) is 22.0 Å². The average molecular weight is 423 g/mol. The van der Waals surface area contributed by atoms with Gasteiger partial charge in [0.25, 0.3) is 5.69 Å². The third kappa shape index (κ3) is 6.89. The molecule has 7 nitrogen and oxygen atoms in total. The number of pyridine rings is 1. The highest BCUT2D eigenvalue weighted by Crippen LogP contribution is 2.24. The van der Waals surface area contributed by atoms with Gasteiger partial charge in [-0.1, -0.05) is 6.07 Å². The predicted molar refractivity (Wildman–Crippen MR) is 120 cm³/mol. The summed E-state index contributed by atoms with van der Waals surface area (Å²) in [4.78, 5) is 27.6. The third-order valence-electron chi connectivity index (χ3n) is 4.25. The number of amides is 1. The number of carbonyl (C=O) groups excluding carboxylic acids is 1. The first kappa shape index (κ1) is 21.3. The molecule has 0 bridgehead atoms. The van der Waals surface area contributed by atoms with E-state index in [-0.39, 0.29) is 11.6 Å². The minimum Gasteiger partial charge on any atom is -0.385 e. The summed E-state index contributed by atoms with van der Waals surface area (Å²) < 4.78 is 0. The van der Waals surface area contributed by atoms with E-state index in [1.807, 2.05) is 42.6 Å². The maximum Gasteiger partial charge on any atom is 0.269 e. The highest BCUT2D eigenvalue weighted by Gasteiger charge is 2.05. The molecule has 3 rings (SSSR count). The molecule has 0 saturated carbocycles. The van der Waals surface area contributed by atoms with Crippen molar-refractivity contribution in [3.05, 3.63) is 88.7 Å². The van der Waals surface area contributed by atoms with Gasteiger partial charge in [-0.05, 0) is 54.4 Å². The van der Waals surface area contributed by atoms with Gasteiger partial charge in [-0.15, -0.1) is 11.8 Å². The van der Waals surface area contributed by atoms with Crippen LogP contribution in [0.2, 0.25) is 0 Å². The van der Waals surface area contributed by atoms with Crippen molar-refractivity contribution in [3.63, 3.8) is 0 Å². The van der Waals surface area contributed by atoms with Gasteiger partial charge in [0, 0.05) is 59.5 Å². The van der Waals surface area contributed by atoms with Crippen LogP contribution in [0.15, 0.2) is 78.0 Å². The fraction of sp³-hybridized carbons (Fsp3) is 0.182. The first-order valence-corrected chi connectivity index (χ1v) is 10.5. The average Bonchev–Trinajstić information content (AvgIpc) is 2.77. The summed E-state index contributed by atoms with van der Waals surface area (Å²) in [6.07, 6.45) is 4.66. The Kier molecular flexibility index (Phi) is 7.79. The van der Waals surface area contributed by atoms with Crippen LogP contribution in [-0.2, 0) is 10.5 Å². The topological polar surface area (TPSA) is 97.2 Å². The zero-order chi connectivity index (χ0) is 21.2. The molecule has 1 aromatic heterocycles. The van der Waals surface area contributed by atoms with Crippen LogP contribution >= 0.6 is 11.8 Å². The number of thioether (sulfide) groups is 1. The lowest BCUT2D eigenvalue weighted by Crippen LogP contribution is -2.13. The van der Waals surface area contributed by atoms with Gasteiger partial charge in [0.05, 0.1) is 4.92 Å². The second-order valence-electron chi connectivity index (χ2n) is 6.56. The molecule has 0 spiro atoms. The number of hydrogen-bond acceptors (Lipinski definition) is 6. The maximum absolute atomic E-state index is 12.1. The highest BCUT2D eigenvalue weighted by atomic mass is 32.2. The van der Waals surface area contributed by atoms with Crippen LogP contribution in [0, 0.1) is 10.1 Å². The smallest absolute Gasteiger partial charge is 0.269 e. The van der Waals surface area contributed by atoms with Crippen molar-refractivity contribution in [2.75, 3.05) is 17.2 Å². The van der Waals surface area contributed by atoms with Crippen molar-refractivity contribution in [1.82, 2.24) is 4.98 Å². The number of aromatic nitrogens is 1. The van der Waals surface area contributed by atoms with E-state index in [4.69, 9.17) is 0 Å². The molecule has 8 heteroatoms. The van der Waals surface area contributed by atoms with Gasteiger partial charge in [0.1, 0.15) is 0 Å². The Morgan fingerprint density at radius 3 is 2.43 bits per heavy atom. The lowest BCUT2D eigenvalue weighted by Gasteiger charge is -2.08. The van der Waals surface area contributed by atoms with E-state index >= 15 is 0 Å². The number of rotatable bonds is 10. The van der Waals surface area contributed by atoms with E-state index in [1.165, 1.54) is 17.7 Å². The summed E-state index contributed by atoms with van der Waals surface area (Å²) in [7, 11) is 0. The molecule has 0 fully saturated rings. The molecular weight excluding hydrogens is 400 g/mol. The summed E-state index contributed by atoms with van der Waals surface area (Å²) in [6.45, 7) is 0.606. The first-order valence-electron chi connectivity index (χ1n) is 9.50. The molecular formula is C22H22N4O3S. The second kappa shape index (κ2) is 11.0. The van der Waals surface area contributed by atoms with E-state index in [2.05, 4.69) is 15.6 Å². The number of hydrogen-bond donors (Lipinski definition) is 2. The zero-order valence-electron chi connectivity index (χ0n) is 16.3. The molecule has 0 saturated heterocycles. The van der Waals surface area contributed by atoms with E-state index in [9.17, 15) is 14.9 Å². The second-order valence-corrected chi connectivity index (χ2v) is 7.61. The van der Waals surface area contributed by atoms with Gasteiger partial charge >= 0.3 is 0 Å². The number of nitrogens with zero attached hydrogens (tertiary/aromatic N) is 2. The molecule has 1 heterocycles. The number of nitro groups is 1. The Labute approximate surface area is 179 Å². The number of carbonyl (C=O) groups is 1. The molecule has 2 N–H and O–H groups in total. The Hall–Kier alpha value is -3.39. The molecule has 0 radical (unpaired) electrons. The normalized spacial score (nSPS) is 10.4. The van der Waals surface area contributed by atoms with Crippen molar-refractivity contribution in [2.45, 2.75) is 23.5 Å². The molecule has 1 amide bonds. The Balaban J connectivity index is 1.35. The lowest BCUT2D eigenvalue weighted by molar-refractivity contribution is -0.384. The summed E-state index contributed by atoms with van der Waals surface area (Å²) in [6, 6.07) is 18.0. The van der Waals surface area contributed by atoms with Crippen LogP contribution in [0.25, 0.3) is 0 Å². The fourth-order valence-corrected chi connectivity index (χ4v) is 3.52. The Morgan fingerprint density at radius 1 is 1.03 bits per heavy atom. The van der Waals surface area contributed by atoms with Crippen LogP contribution in [0.4, 0.5) is 17.1 Å². The van der Waals surface area contributed by atoms with Gasteiger partial charge in [-0.25, -0.2) is 0 Å². The van der Waals surface area contributed by atoms with E-state index in [1.54, 1.807) is 30.1 Å². The number of non-ortho nitro benzene ring substituents is 1. The molecule has 0 unspecified atom stereocenters. The predicted octanol–water partition coefficient (Wildman–Crippen LogP) is 5.11. The number of nitro benzene ring substituents is 1. The number of anilines is 2. The summed E-state index contributed by atoms with van der Waals surface area (Å²) >= 11 is 1.72. The molecule has 0 aliphatic carbocycles. The van der Waals surface area contributed by atoms with Gasteiger partial charge in [-0.3, -0.25) is 19.9 Å². The SMILES string of the molecule is O=C(CCCNc1ccc([N+](=O)[O-])cc1)Nc1ccc(SCc2cccnc2)cc1. The van der Waals surface area contributed by atoms with Gasteiger partial charge in [-0.2, -0.15) is 0 Å². The summed E-state index contributed by atoms with van der Waals surface area (Å²) in [5.74, 6) is 0.803. The van der Waals surface area contributed by atoms with E-state index < -0.39 is 4.92 Å². The summed E-state index contributed by atoms with van der Waals surface area (Å²) in [5, 5.41) is 16.7. The molecule has 0 aliphatic heterocycles. The number of nitrogens with one attached hydrogen (secondary N) is 2. The van der Waals surface area contributed by atoms with Crippen LogP contribution in [0.1, 0.15) is 18.4 Å². The standard InChI is InChI=1S/C22H22N4O3S/c27-22(4-2-14-24-18-5-9-20(10-6-18)26(28)29)25-19-7-11-21(12-8-19)30-16-17-3-1-13-23-15-17/h1,3,5-13,15,24H,2,4,14,16H2,(H,25,27). The van der Waals surface area contributed by atoms with Crippen molar-refractivity contribution >= 4 is 34.7 Å². The van der Waals surface area contributed by atoms with Gasteiger partial charge in [0.2, 0.25) is 5.91 Å². The van der Waals surface area contributed by atoms with Crippen LogP contribution in [0.5, 0.6) is 0 Å². The molecule has 0 aliphatic rings. The fourth-order valence-electron chi connectivity index (χ4n) is 2.69.